The Hall–Kier alpha value is -3.32. The largest absolute Gasteiger partial charge is 0.348 e. The van der Waals surface area contributed by atoms with Gasteiger partial charge in [-0.3, -0.25) is 9.59 Å². The van der Waals surface area contributed by atoms with Gasteiger partial charge in [-0.1, -0.05) is 24.3 Å². The summed E-state index contributed by atoms with van der Waals surface area (Å²) in [6.45, 7) is 2.36. The fourth-order valence-corrected chi connectivity index (χ4v) is 4.79. The molecule has 1 aliphatic rings. The van der Waals surface area contributed by atoms with Gasteiger partial charge in [-0.25, -0.2) is 8.60 Å². The van der Waals surface area contributed by atoms with Crippen molar-refractivity contribution in [2.24, 2.45) is 0 Å². The SMILES string of the molecule is CCN1C(=O)c2ccccc2S(=O)c2ccc(C(=O)NCc3cccc(F)c3)cc21. The number of anilines is 1. The Kier molecular flexibility index (Phi) is 5.46. The molecule has 0 fully saturated rings. The minimum atomic E-state index is -1.54. The van der Waals surface area contributed by atoms with E-state index in [1.807, 2.05) is 6.92 Å². The smallest absolute Gasteiger partial charge is 0.259 e. The van der Waals surface area contributed by atoms with Gasteiger partial charge >= 0.3 is 0 Å². The molecule has 0 radical (unpaired) electrons. The average molecular weight is 422 g/mol. The van der Waals surface area contributed by atoms with Gasteiger partial charge in [-0.2, -0.15) is 0 Å². The molecule has 4 rings (SSSR count). The number of fused-ring (bicyclic) bond motifs is 2. The third-order valence-electron chi connectivity index (χ3n) is 4.93. The van der Waals surface area contributed by atoms with Crippen molar-refractivity contribution in [1.29, 1.82) is 0 Å². The van der Waals surface area contributed by atoms with Crippen LogP contribution in [0.3, 0.4) is 0 Å². The van der Waals surface area contributed by atoms with Gasteiger partial charge in [-0.15, -0.1) is 0 Å². The predicted octanol–water partition coefficient (Wildman–Crippen LogP) is 3.90. The molecule has 1 heterocycles. The van der Waals surface area contributed by atoms with Crippen molar-refractivity contribution in [2.45, 2.75) is 23.3 Å². The molecule has 0 saturated heterocycles. The molecule has 7 heteroatoms. The zero-order valence-electron chi connectivity index (χ0n) is 16.2. The van der Waals surface area contributed by atoms with Gasteiger partial charge in [0, 0.05) is 18.7 Å². The maximum absolute atomic E-state index is 13.3. The van der Waals surface area contributed by atoms with Crippen LogP contribution in [-0.2, 0) is 17.3 Å². The first kappa shape index (κ1) is 20.0. The fourth-order valence-electron chi connectivity index (χ4n) is 3.45. The monoisotopic (exact) mass is 422 g/mol. The minimum Gasteiger partial charge on any atom is -0.348 e. The predicted molar refractivity (Wildman–Crippen MR) is 112 cm³/mol. The van der Waals surface area contributed by atoms with Crippen LogP contribution in [0.4, 0.5) is 10.1 Å². The van der Waals surface area contributed by atoms with Crippen molar-refractivity contribution < 1.29 is 18.2 Å². The Balaban J connectivity index is 1.67. The topological polar surface area (TPSA) is 66.5 Å². The summed E-state index contributed by atoms with van der Waals surface area (Å²) in [5.41, 5.74) is 1.82. The summed E-state index contributed by atoms with van der Waals surface area (Å²) in [6, 6.07) is 17.6. The Bertz CT molecular complexity index is 1180. The molecular formula is C23H19FN2O3S. The highest BCUT2D eigenvalue weighted by molar-refractivity contribution is 7.85. The molecule has 2 amide bonds. The third-order valence-corrected chi connectivity index (χ3v) is 6.43. The Morgan fingerprint density at radius 2 is 1.83 bits per heavy atom. The zero-order valence-corrected chi connectivity index (χ0v) is 17.0. The molecule has 5 nitrogen and oxygen atoms in total. The Morgan fingerprint density at radius 1 is 1.03 bits per heavy atom. The van der Waals surface area contributed by atoms with E-state index in [4.69, 9.17) is 0 Å². The molecule has 0 bridgehead atoms. The first-order valence-electron chi connectivity index (χ1n) is 9.49. The number of hydrogen-bond donors (Lipinski definition) is 1. The number of halogens is 1. The Morgan fingerprint density at radius 3 is 2.60 bits per heavy atom. The normalized spacial score (nSPS) is 15.2. The van der Waals surface area contributed by atoms with Gasteiger partial charge < -0.3 is 10.2 Å². The third kappa shape index (κ3) is 3.64. The van der Waals surface area contributed by atoms with Gasteiger partial charge in [0.05, 0.1) is 31.8 Å². The molecule has 1 aliphatic heterocycles. The molecule has 152 valence electrons. The molecule has 3 aromatic rings. The summed E-state index contributed by atoms with van der Waals surface area (Å²) in [4.78, 5) is 28.2. The van der Waals surface area contributed by atoms with Gasteiger partial charge in [-0.05, 0) is 55.0 Å². The molecule has 1 atom stereocenters. The van der Waals surface area contributed by atoms with Gasteiger partial charge in [0.2, 0.25) is 0 Å². The summed E-state index contributed by atoms with van der Waals surface area (Å²) in [5.74, 6) is -0.985. The van der Waals surface area contributed by atoms with E-state index in [2.05, 4.69) is 5.32 Å². The van der Waals surface area contributed by atoms with Crippen molar-refractivity contribution >= 4 is 28.3 Å². The van der Waals surface area contributed by atoms with Gasteiger partial charge in [0.15, 0.2) is 0 Å². The highest BCUT2D eigenvalue weighted by Crippen LogP contribution is 2.35. The summed E-state index contributed by atoms with van der Waals surface area (Å²) in [5, 5.41) is 2.75. The average Bonchev–Trinajstić information content (AvgIpc) is 2.85. The lowest BCUT2D eigenvalue weighted by molar-refractivity contribution is 0.0947. The minimum absolute atomic E-state index is 0.168. The molecular weight excluding hydrogens is 403 g/mol. The number of nitrogens with one attached hydrogen (secondary N) is 1. The summed E-state index contributed by atoms with van der Waals surface area (Å²) in [7, 11) is -1.54. The van der Waals surface area contributed by atoms with E-state index >= 15 is 0 Å². The number of benzene rings is 3. The summed E-state index contributed by atoms with van der Waals surface area (Å²) in [6.07, 6.45) is 0. The molecule has 1 N–H and O–H groups in total. The molecule has 30 heavy (non-hydrogen) atoms. The van der Waals surface area contributed by atoms with Crippen molar-refractivity contribution in [1.82, 2.24) is 5.32 Å². The van der Waals surface area contributed by atoms with E-state index < -0.39 is 10.8 Å². The van der Waals surface area contributed by atoms with E-state index in [1.54, 1.807) is 54.6 Å². The highest BCUT2D eigenvalue weighted by atomic mass is 32.2. The lowest BCUT2D eigenvalue weighted by atomic mass is 10.1. The van der Waals surface area contributed by atoms with Crippen LogP contribution in [0.5, 0.6) is 0 Å². The second kappa shape index (κ2) is 8.20. The molecule has 0 aromatic heterocycles. The van der Waals surface area contributed by atoms with Crippen LogP contribution >= 0.6 is 0 Å². The van der Waals surface area contributed by atoms with Crippen molar-refractivity contribution in [3.8, 4) is 0 Å². The molecule has 3 aromatic carbocycles. The molecule has 0 spiro atoms. The van der Waals surface area contributed by atoms with Crippen LogP contribution in [-0.4, -0.2) is 22.6 Å². The van der Waals surface area contributed by atoms with Crippen LogP contribution in [0.15, 0.2) is 76.5 Å². The van der Waals surface area contributed by atoms with E-state index in [9.17, 15) is 18.2 Å². The fraction of sp³-hybridized carbons (Fsp3) is 0.130. The highest BCUT2D eigenvalue weighted by Gasteiger charge is 2.30. The molecule has 0 saturated carbocycles. The number of hydrogen-bond acceptors (Lipinski definition) is 3. The maximum Gasteiger partial charge on any atom is 0.259 e. The summed E-state index contributed by atoms with van der Waals surface area (Å²) >= 11 is 0. The number of carbonyl (C=O) groups excluding carboxylic acids is 2. The van der Waals surface area contributed by atoms with Gasteiger partial charge in [0.25, 0.3) is 11.8 Å². The van der Waals surface area contributed by atoms with Crippen LogP contribution in [0.1, 0.15) is 33.2 Å². The second-order valence-corrected chi connectivity index (χ2v) is 8.23. The van der Waals surface area contributed by atoms with E-state index in [0.29, 0.717) is 38.7 Å². The van der Waals surface area contributed by atoms with E-state index in [0.717, 1.165) is 0 Å². The number of rotatable bonds is 4. The van der Waals surface area contributed by atoms with Crippen molar-refractivity contribution in [2.75, 3.05) is 11.4 Å². The van der Waals surface area contributed by atoms with Crippen molar-refractivity contribution in [3.05, 3.63) is 89.2 Å². The van der Waals surface area contributed by atoms with Gasteiger partial charge in [0.1, 0.15) is 5.82 Å². The first-order valence-corrected chi connectivity index (χ1v) is 10.6. The number of carbonyl (C=O) groups is 2. The zero-order chi connectivity index (χ0) is 21.3. The molecule has 0 aliphatic carbocycles. The first-order chi connectivity index (χ1) is 14.5. The second-order valence-electron chi connectivity index (χ2n) is 6.81. The molecule has 1 unspecified atom stereocenters. The maximum atomic E-state index is 13.3. The lowest BCUT2D eigenvalue weighted by Crippen LogP contribution is -2.31. The van der Waals surface area contributed by atoms with Crippen LogP contribution < -0.4 is 10.2 Å². The Labute approximate surface area is 176 Å². The van der Waals surface area contributed by atoms with Crippen LogP contribution in [0, 0.1) is 5.82 Å². The number of nitrogens with zero attached hydrogens (tertiary/aromatic N) is 1. The summed E-state index contributed by atoms with van der Waals surface area (Å²) < 4.78 is 26.5. The van der Waals surface area contributed by atoms with Crippen LogP contribution in [0.2, 0.25) is 0 Å². The van der Waals surface area contributed by atoms with Crippen LogP contribution in [0.25, 0.3) is 0 Å². The standard InChI is InChI=1S/C23H19FN2O3S/c1-2-26-19-13-16(22(27)25-14-15-6-5-7-17(24)12-15)10-11-21(19)30(29)20-9-4-3-8-18(20)23(26)28/h3-13H,2,14H2,1H3,(H,25,27). The van der Waals surface area contributed by atoms with E-state index in [-0.39, 0.29) is 24.2 Å². The van der Waals surface area contributed by atoms with E-state index in [1.165, 1.54) is 17.0 Å². The number of amides is 2. The quantitative estimate of drug-likeness (QED) is 0.693. The van der Waals surface area contributed by atoms with Crippen molar-refractivity contribution in [3.63, 3.8) is 0 Å². The lowest BCUT2D eigenvalue weighted by Gasteiger charge is -2.21.